The average Bonchev–Trinajstić information content (AvgIpc) is 2.65. The molecule has 2 rings (SSSR count). The molecular formula is C19H22N2O4S. The lowest BCUT2D eigenvalue weighted by molar-refractivity contribution is -0.385. The number of hydrogen-bond donors (Lipinski definition) is 1. The van der Waals surface area contributed by atoms with Gasteiger partial charge in [-0.1, -0.05) is 26.0 Å². The van der Waals surface area contributed by atoms with Crippen LogP contribution in [0.4, 0.5) is 5.69 Å². The monoisotopic (exact) mass is 374 g/mol. The fourth-order valence-corrected chi connectivity index (χ4v) is 3.09. The van der Waals surface area contributed by atoms with E-state index >= 15 is 0 Å². The summed E-state index contributed by atoms with van der Waals surface area (Å²) in [5.41, 5.74) is 0.788. The molecule has 0 saturated heterocycles. The maximum atomic E-state index is 12.8. The Morgan fingerprint density at radius 2 is 1.85 bits per heavy atom. The number of carbonyl (C=O) groups excluding carboxylic acids is 1. The molecule has 7 heteroatoms. The highest BCUT2D eigenvalue weighted by molar-refractivity contribution is 7.98. The summed E-state index contributed by atoms with van der Waals surface area (Å²) in [6.45, 7) is 3.98. The molecule has 2 aromatic rings. The number of nitro benzene ring substituents is 1. The smallest absolute Gasteiger partial charge is 0.282 e. The standard InChI is InChI=1S/C19H22N2O4S/c1-12(2)18(13-5-7-14(25-3)8-6-13)20-19(22)16-11-15(26-4)9-10-17(16)21(23)24/h5-12,18H,1-4H3,(H,20,22). The van der Waals surface area contributed by atoms with E-state index in [1.54, 1.807) is 19.2 Å². The quantitative estimate of drug-likeness (QED) is 0.440. The Morgan fingerprint density at radius 3 is 2.35 bits per heavy atom. The van der Waals surface area contributed by atoms with Crippen molar-refractivity contribution in [3.05, 3.63) is 63.7 Å². The Kier molecular flexibility index (Phi) is 6.63. The van der Waals surface area contributed by atoms with Gasteiger partial charge in [-0.3, -0.25) is 14.9 Å². The van der Waals surface area contributed by atoms with Crippen LogP contribution in [0, 0.1) is 16.0 Å². The summed E-state index contributed by atoms with van der Waals surface area (Å²) in [6, 6.07) is 11.7. The number of nitrogens with zero attached hydrogens (tertiary/aromatic N) is 1. The van der Waals surface area contributed by atoms with Crippen molar-refractivity contribution in [2.75, 3.05) is 13.4 Å². The van der Waals surface area contributed by atoms with Crippen LogP contribution in [0.2, 0.25) is 0 Å². The molecule has 1 atom stereocenters. The number of nitro groups is 1. The van der Waals surface area contributed by atoms with E-state index in [-0.39, 0.29) is 23.2 Å². The van der Waals surface area contributed by atoms with Crippen molar-refractivity contribution in [2.45, 2.75) is 24.8 Å². The van der Waals surface area contributed by atoms with Crippen LogP contribution in [0.3, 0.4) is 0 Å². The van der Waals surface area contributed by atoms with Gasteiger partial charge in [0.2, 0.25) is 0 Å². The molecule has 0 aliphatic rings. The van der Waals surface area contributed by atoms with E-state index in [0.717, 1.165) is 16.2 Å². The summed E-state index contributed by atoms with van der Waals surface area (Å²) < 4.78 is 5.16. The van der Waals surface area contributed by atoms with Gasteiger partial charge in [0.25, 0.3) is 11.6 Å². The molecule has 0 aromatic heterocycles. The van der Waals surface area contributed by atoms with Gasteiger partial charge in [0.1, 0.15) is 11.3 Å². The molecule has 2 aromatic carbocycles. The Labute approximate surface area is 157 Å². The van der Waals surface area contributed by atoms with Crippen molar-refractivity contribution in [2.24, 2.45) is 5.92 Å². The highest BCUT2D eigenvalue weighted by atomic mass is 32.2. The molecule has 0 aliphatic carbocycles. The molecule has 0 aliphatic heterocycles. The fraction of sp³-hybridized carbons (Fsp3) is 0.316. The molecule has 138 valence electrons. The lowest BCUT2D eigenvalue weighted by Crippen LogP contribution is -2.32. The van der Waals surface area contributed by atoms with E-state index in [1.165, 1.54) is 17.8 Å². The zero-order valence-corrected chi connectivity index (χ0v) is 16.0. The van der Waals surface area contributed by atoms with Crippen LogP contribution in [-0.4, -0.2) is 24.2 Å². The number of benzene rings is 2. The maximum Gasteiger partial charge on any atom is 0.282 e. The van der Waals surface area contributed by atoms with E-state index in [4.69, 9.17) is 4.74 Å². The Hall–Kier alpha value is -2.54. The van der Waals surface area contributed by atoms with Crippen molar-refractivity contribution >= 4 is 23.4 Å². The average molecular weight is 374 g/mol. The minimum Gasteiger partial charge on any atom is -0.497 e. The molecule has 0 radical (unpaired) electrons. The van der Waals surface area contributed by atoms with Crippen LogP contribution >= 0.6 is 11.8 Å². The summed E-state index contributed by atoms with van der Waals surface area (Å²) in [4.78, 5) is 24.4. The predicted molar refractivity (Wildman–Crippen MR) is 103 cm³/mol. The summed E-state index contributed by atoms with van der Waals surface area (Å²) in [6.07, 6.45) is 1.86. The van der Waals surface area contributed by atoms with Gasteiger partial charge in [-0.15, -0.1) is 11.8 Å². The van der Waals surface area contributed by atoms with Crippen LogP contribution < -0.4 is 10.1 Å². The second-order valence-electron chi connectivity index (χ2n) is 6.11. The van der Waals surface area contributed by atoms with Crippen LogP contribution in [0.25, 0.3) is 0 Å². The van der Waals surface area contributed by atoms with Gasteiger partial charge in [0, 0.05) is 11.0 Å². The van der Waals surface area contributed by atoms with Gasteiger partial charge in [-0.05, 0) is 42.0 Å². The molecular weight excluding hydrogens is 352 g/mol. The molecule has 26 heavy (non-hydrogen) atoms. The van der Waals surface area contributed by atoms with Crippen molar-refractivity contribution in [1.29, 1.82) is 0 Å². The lowest BCUT2D eigenvalue weighted by Gasteiger charge is -2.23. The number of ether oxygens (including phenoxy) is 1. The van der Waals surface area contributed by atoms with Gasteiger partial charge >= 0.3 is 0 Å². The molecule has 0 bridgehead atoms. The van der Waals surface area contributed by atoms with E-state index in [9.17, 15) is 14.9 Å². The Bertz CT molecular complexity index is 791. The van der Waals surface area contributed by atoms with Crippen LogP contribution in [0.1, 0.15) is 35.8 Å². The summed E-state index contributed by atoms with van der Waals surface area (Å²) >= 11 is 1.43. The van der Waals surface area contributed by atoms with E-state index in [0.29, 0.717) is 0 Å². The summed E-state index contributed by atoms with van der Waals surface area (Å²) in [7, 11) is 1.59. The predicted octanol–water partition coefficient (Wildman–Crippen LogP) is 4.45. The number of methoxy groups -OCH3 is 1. The van der Waals surface area contributed by atoms with Crippen LogP contribution in [-0.2, 0) is 0 Å². The second-order valence-corrected chi connectivity index (χ2v) is 6.99. The summed E-state index contributed by atoms with van der Waals surface area (Å²) in [5, 5.41) is 14.2. The van der Waals surface area contributed by atoms with E-state index in [2.05, 4.69) is 5.32 Å². The maximum absolute atomic E-state index is 12.8. The molecule has 1 N–H and O–H groups in total. The molecule has 0 fully saturated rings. The second kappa shape index (κ2) is 8.71. The van der Waals surface area contributed by atoms with Crippen LogP contribution in [0.15, 0.2) is 47.4 Å². The first-order chi connectivity index (χ1) is 12.4. The van der Waals surface area contributed by atoms with E-state index in [1.807, 2.05) is 44.4 Å². The molecule has 1 unspecified atom stereocenters. The summed E-state index contributed by atoms with van der Waals surface area (Å²) in [5.74, 6) is 0.378. The van der Waals surface area contributed by atoms with Gasteiger partial charge in [0.05, 0.1) is 18.1 Å². The number of rotatable bonds is 7. The highest BCUT2D eigenvalue weighted by Gasteiger charge is 2.25. The third kappa shape index (κ3) is 4.54. The minimum absolute atomic E-state index is 0.0704. The Balaban J connectivity index is 2.34. The van der Waals surface area contributed by atoms with Gasteiger partial charge in [0.15, 0.2) is 0 Å². The number of nitrogens with one attached hydrogen (secondary N) is 1. The van der Waals surface area contributed by atoms with Crippen LogP contribution in [0.5, 0.6) is 5.75 Å². The van der Waals surface area contributed by atoms with Gasteiger partial charge in [-0.25, -0.2) is 0 Å². The van der Waals surface area contributed by atoms with Gasteiger partial charge in [-0.2, -0.15) is 0 Å². The van der Waals surface area contributed by atoms with Crippen molar-refractivity contribution < 1.29 is 14.5 Å². The topological polar surface area (TPSA) is 81.5 Å². The Morgan fingerprint density at radius 1 is 1.19 bits per heavy atom. The minimum atomic E-state index is -0.531. The first kappa shape index (κ1) is 19.8. The first-order valence-electron chi connectivity index (χ1n) is 8.14. The number of carbonyl (C=O) groups is 1. The van der Waals surface area contributed by atoms with E-state index < -0.39 is 10.8 Å². The number of hydrogen-bond acceptors (Lipinski definition) is 5. The zero-order valence-electron chi connectivity index (χ0n) is 15.2. The third-order valence-corrected chi connectivity index (χ3v) is 4.80. The number of thioether (sulfide) groups is 1. The number of amides is 1. The molecule has 0 saturated carbocycles. The van der Waals surface area contributed by atoms with Crippen molar-refractivity contribution in [3.8, 4) is 5.75 Å². The van der Waals surface area contributed by atoms with Crippen molar-refractivity contribution in [3.63, 3.8) is 0 Å². The molecule has 0 heterocycles. The third-order valence-electron chi connectivity index (χ3n) is 4.07. The molecule has 6 nitrogen and oxygen atoms in total. The van der Waals surface area contributed by atoms with Gasteiger partial charge < -0.3 is 10.1 Å². The van der Waals surface area contributed by atoms with Crippen molar-refractivity contribution in [1.82, 2.24) is 5.32 Å². The lowest BCUT2D eigenvalue weighted by atomic mass is 9.95. The zero-order chi connectivity index (χ0) is 19.3. The SMILES string of the molecule is COc1ccc(C(NC(=O)c2cc(SC)ccc2[N+](=O)[O-])C(C)C)cc1. The molecule has 1 amide bonds. The molecule has 0 spiro atoms. The normalized spacial score (nSPS) is 11.9. The highest BCUT2D eigenvalue weighted by Crippen LogP contribution is 2.28. The fourth-order valence-electron chi connectivity index (χ4n) is 2.65. The largest absolute Gasteiger partial charge is 0.497 e. The first-order valence-corrected chi connectivity index (χ1v) is 9.37.